The number of hydrogen-bond acceptors (Lipinski definition) is 7. The number of methoxy groups -OCH3 is 1. The molecule has 1 aliphatic carbocycles. The van der Waals surface area contributed by atoms with Gasteiger partial charge in [0.25, 0.3) is 0 Å². The van der Waals surface area contributed by atoms with E-state index in [0.29, 0.717) is 42.6 Å². The van der Waals surface area contributed by atoms with Gasteiger partial charge in [-0.15, -0.1) is 8.78 Å². The molecule has 8 nitrogen and oxygen atoms in total. The number of alkyl halides is 2. The molecule has 0 spiro atoms. The summed E-state index contributed by atoms with van der Waals surface area (Å²) in [5, 5.41) is 3.23. The predicted molar refractivity (Wildman–Crippen MR) is 147 cm³/mol. The van der Waals surface area contributed by atoms with Gasteiger partial charge in [0.2, 0.25) is 5.91 Å². The molecule has 0 aromatic heterocycles. The Kier molecular flexibility index (Phi) is 7.26. The molecule has 1 amide bonds. The van der Waals surface area contributed by atoms with E-state index in [4.69, 9.17) is 14.2 Å². The highest BCUT2D eigenvalue weighted by molar-refractivity contribution is 5.92. The van der Waals surface area contributed by atoms with Crippen molar-refractivity contribution in [3.63, 3.8) is 0 Å². The topological polar surface area (TPSA) is 92.3 Å². The van der Waals surface area contributed by atoms with Crippen molar-refractivity contribution in [2.45, 2.75) is 62.6 Å². The Hall–Kier alpha value is -4.18. The minimum absolute atomic E-state index is 0.0570. The number of nitrogens with one attached hydrogen (secondary N) is 1. The first kappa shape index (κ1) is 28.0. The van der Waals surface area contributed by atoms with Gasteiger partial charge in [-0.3, -0.25) is 4.79 Å². The predicted octanol–water partition coefficient (Wildman–Crippen LogP) is 6.00. The van der Waals surface area contributed by atoms with Gasteiger partial charge in [0.1, 0.15) is 5.75 Å². The normalized spacial score (nSPS) is 23.1. The van der Waals surface area contributed by atoms with E-state index >= 15 is 0 Å². The molecule has 1 saturated carbocycles. The molecule has 6 rings (SSSR count). The highest BCUT2D eigenvalue weighted by atomic mass is 19.3. The zero-order valence-electron chi connectivity index (χ0n) is 23.2. The molecule has 3 aromatic rings. The van der Waals surface area contributed by atoms with E-state index in [0.717, 1.165) is 11.1 Å². The Balaban J connectivity index is 1.25. The van der Waals surface area contributed by atoms with Crippen LogP contribution in [-0.2, 0) is 19.7 Å². The second-order valence-electron chi connectivity index (χ2n) is 10.8. The summed E-state index contributed by atoms with van der Waals surface area (Å²) in [6.07, 6.45) is -2.35. The second kappa shape index (κ2) is 10.9. The third-order valence-electron chi connectivity index (χ3n) is 8.03. The van der Waals surface area contributed by atoms with Crippen LogP contribution in [0.2, 0.25) is 0 Å². The molecule has 2 aliphatic heterocycles. The van der Waals surface area contributed by atoms with E-state index in [1.54, 1.807) is 38.3 Å². The number of hydrogen-bond donors (Lipinski definition) is 1. The van der Waals surface area contributed by atoms with Crippen LogP contribution in [0.1, 0.15) is 71.9 Å². The summed E-state index contributed by atoms with van der Waals surface area (Å²) in [5.74, 6) is -0.0425. The standard InChI is InChI=1S/C32H31F2NO7/c1-3-39-29(36)21-8-4-6-19(14-21)26-17-23(18-27(40-26)20-7-5-9-24(15-20)38-2)35-30(37)31(12-13-31)22-10-11-25-28(16-22)42-32(33,34)41-25/h4-11,14-16,23,26-27H,3,12-13,17-18H2,1-2H3,(H,35,37)/t23?,26-,27+/m1/s1. The average Bonchev–Trinajstić information content (AvgIpc) is 3.74. The number of carbonyl (C=O) groups excluding carboxylic acids is 2. The van der Waals surface area contributed by atoms with Gasteiger partial charge in [-0.1, -0.05) is 30.3 Å². The Morgan fingerprint density at radius 3 is 2.31 bits per heavy atom. The zero-order chi connectivity index (χ0) is 29.5. The Morgan fingerprint density at radius 1 is 0.929 bits per heavy atom. The maximum Gasteiger partial charge on any atom is 0.586 e. The van der Waals surface area contributed by atoms with E-state index in [2.05, 4.69) is 14.8 Å². The van der Waals surface area contributed by atoms with Crippen molar-refractivity contribution in [1.82, 2.24) is 5.32 Å². The van der Waals surface area contributed by atoms with Gasteiger partial charge < -0.3 is 29.0 Å². The van der Waals surface area contributed by atoms with E-state index in [1.165, 1.54) is 12.1 Å². The minimum Gasteiger partial charge on any atom is -0.497 e. The maximum absolute atomic E-state index is 13.8. The highest BCUT2D eigenvalue weighted by Gasteiger charge is 2.53. The summed E-state index contributed by atoms with van der Waals surface area (Å²) in [6, 6.07) is 19.0. The Morgan fingerprint density at radius 2 is 1.62 bits per heavy atom. The molecule has 3 atom stereocenters. The van der Waals surface area contributed by atoms with Gasteiger partial charge in [-0.25, -0.2) is 4.79 Å². The van der Waals surface area contributed by atoms with Crippen LogP contribution in [0.4, 0.5) is 8.78 Å². The van der Waals surface area contributed by atoms with E-state index in [9.17, 15) is 18.4 Å². The molecular formula is C32H31F2NO7. The number of ether oxygens (including phenoxy) is 5. The first-order chi connectivity index (χ1) is 20.2. The lowest BCUT2D eigenvalue weighted by molar-refractivity contribution is -0.286. The molecule has 0 bridgehead atoms. The van der Waals surface area contributed by atoms with Gasteiger partial charge in [0, 0.05) is 6.04 Å². The quantitative estimate of drug-likeness (QED) is 0.327. The Bertz CT molecular complexity index is 1510. The van der Waals surface area contributed by atoms with E-state index in [-0.39, 0.29) is 36.2 Å². The third kappa shape index (κ3) is 5.51. The van der Waals surface area contributed by atoms with Crippen molar-refractivity contribution in [2.24, 2.45) is 0 Å². The summed E-state index contributed by atoms with van der Waals surface area (Å²) >= 11 is 0. The van der Waals surface area contributed by atoms with Gasteiger partial charge >= 0.3 is 12.3 Å². The average molecular weight is 580 g/mol. The van der Waals surface area contributed by atoms with Gasteiger partial charge in [-0.05, 0) is 85.7 Å². The molecule has 1 saturated heterocycles. The molecule has 1 N–H and O–H groups in total. The summed E-state index contributed by atoms with van der Waals surface area (Å²) in [4.78, 5) is 26.2. The summed E-state index contributed by atoms with van der Waals surface area (Å²) < 4.78 is 53.5. The van der Waals surface area contributed by atoms with Crippen molar-refractivity contribution in [2.75, 3.05) is 13.7 Å². The van der Waals surface area contributed by atoms with Gasteiger partial charge in [-0.2, -0.15) is 0 Å². The molecule has 0 radical (unpaired) electrons. The van der Waals surface area contributed by atoms with Crippen LogP contribution in [0.25, 0.3) is 0 Å². The van der Waals surface area contributed by atoms with Crippen molar-refractivity contribution in [3.05, 3.63) is 89.0 Å². The number of fused-ring (bicyclic) bond motifs is 1. The summed E-state index contributed by atoms with van der Waals surface area (Å²) in [6.45, 7) is 2.02. The largest absolute Gasteiger partial charge is 0.586 e. The maximum atomic E-state index is 13.8. The number of halogens is 2. The molecule has 2 fully saturated rings. The van der Waals surface area contributed by atoms with Crippen LogP contribution >= 0.6 is 0 Å². The third-order valence-corrected chi connectivity index (χ3v) is 8.03. The van der Waals surface area contributed by atoms with Gasteiger partial charge in [0.05, 0.1) is 36.9 Å². The molecule has 10 heteroatoms. The number of esters is 1. The molecule has 42 heavy (non-hydrogen) atoms. The van der Waals surface area contributed by atoms with Crippen LogP contribution in [0, 0.1) is 0 Å². The molecule has 3 aliphatic rings. The fraction of sp³-hybridized carbons (Fsp3) is 0.375. The molecule has 1 unspecified atom stereocenters. The molecule has 220 valence electrons. The SMILES string of the molecule is CCOC(=O)c1cccc([C@H]2CC(NC(=O)C3(c4ccc5c(c4)OC(F)(F)O5)CC3)C[C@@H](c3cccc(OC)c3)O2)c1. The molecule has 2 heterocycles. The van der Waals surface area contributed by atoms with Crippen molar-refractivity contribution < 1.29 is 42.1 Å². The van der Waals surface area contributed by atoms with Crippen LogP contribution in [0.5, 0.6) is 17.2 Å². The van der Waals surface area contributed by atoms with E-state index < -0.39 is 23.8 Å². The highest BCUT2D eigenvalue weighted by Crippen LogP contribution is 2.52. The van der Waals surface area contributed by atoms with Crippen LogP contribution in [0.15, 0.2) is 66.7 Å². The van der Waals surface area contributed by atoms with Crippen molar-refractivity contribution >= 4 is 11.9 Å². The number of carbonyl (C=O) groups is 2. The lowest BCUT2D eigenvalue weighted by Gasteiger charge is -2.37. The fourth-order valence-electron chi connectivity index (χ4n) is 5.73. The van der Waals surface area contributed by atoms with Gasteiger partial charge in [0.15, 0.2) is 11.5 Å². The first-order valence-electron chi connectivity index (χ1n) is 14.0. The number of rotatable bonds is 8. The zero-order valence-corrected chi connectivity index (χ0v) is 23.2. The second-order valence-corrected chi connectivity index (χ2v) is 10.8. The number of amides is 1. The van der Waals surface area contributed by atoms with Crippen LogP contribution < -0.4 is 19.5 Å². The number of benzene rings is 3. The lowest BCUT2D eigenvalue weighted by atomic mass is 9.89. The fourth-order valence-corrected chi connectivity index (χ4v) is 5.73. The lowest BCUT2D eigenvalue weighted by Crippen LogP contribution is -2.45. The smallest absolute Gasteiger partial charge is 0.497 e. The van der Waals surface area contributed by atoms with Crippen molar-refractivity contribution in [3.8, 4) is 17.2 Å². The molecule has 3 aromatic carbocycles. The van der Waals surface area contributed by atoms with Crippen LogP contribution in [0.3, 0.4) is 0 Å². The Labute approximate surface area is 241 Å². The molecular weight excluding hydrogens is 548 g/mol. The summed E-state index contributed by atoms with van der Waals surface area (Å²) in [5.41, 5.74) is 1.89. The summed E-state index contributed by atoms with van der Waals surface area (Å²) in [7, 11) is 1.60. The van der Waals surface area contributed by atoms with Crippen molar-refractivity contribution in [1.29, 1.82) is 0 Å². The van der Waals surface area contributed by atoms with E-state index in [1.807, 2.05) is 30.3 Å². The van der Waals surface area contributed by atoms with Crippen LogP contribution in [-0.4, -0.2) is 37.9 Å². The monoisotopic (exact) mass is 579 g/mol. The first-order valence-corrected chi connectivity index (χ1v) is 14.0. The minimum atomic E-state index is -3.73.